The first-order chi connectivity index (χ1) is 11.1. The van der Waals surface area contributed by atoms with Crippen LogP contribution in [-0.4, -0.2) is 49.5 Å². The number of methoxy groups -OCH3 is 1. The van der Waals surface area contributed by atoms with Gasteiger partial charge in [0.1, 0.15) is 11.8 Å². The molecule has 0 aromatic heterocycles. The van der Waals surface area contributed by atoms with Crippen LogP contribution in [0, 0.1) is 11.3 Å². The van der Waals surface area contributed by atoms with Crippen molar-refractivity contribution in [2.24, 2.45) is 0 Å². The third-order valence-corrected chi connectivity index (χ3v) is 3.66. The number of rotatable bonds is 6. The molecule has 2 amide bonds. The minimum absolute atomic E-state index is 0.0306. The lowest BCUT2D eigenvalue weighted by molar-refractivity contribution is -0.130. The van der Waals surface area contributed by atoms with Gasteiger partial charge in [-0.2, -0.15) is 5.26 Å². The molecule has 0 saturated carbocycles. The van der Waals surface area contributed by atoms with Crippen molar-refractivity contribution in [3.8, 4) is 11.8 Å². The molecule has 0 spiro atoms. The second kappa shape index (κ2) is 8.15. The number of carbonyl (C=O) groups is 2. The average Bonchev–Trinajstić information content (AvgIpc) is 3.04. The van der Waals surface area contributed by atoms with Crippen molar-refractivity contribution in [1.82, 2.24) is 10.2 Å². The summed E-state index contributed by atoms with van der Waals surface area (Å²) in [5.41, 5.74) is 0.660. The predicted molar refractivity (Wildman–Crippen MR) is 84.8 cm³/mol. The number of anilines is 1. The van der Waals surface area contributed by atoms with Gasteiger partial charge in [0.15, 0.2) is 0 Å². The van der Waals surface area contributed by atoms with Crippen molar-refractivity contribution in [2.75, 3.05) is 32.1 Å². The molecule has 2 N–H and O–H groups in total. The number of amides is 2. The summed E-state index contributed by atoms with van der Waals surface area (Å²) in [7, 11) is 1.58. The van der Waals surface area contributed by atoms with Gasteiger partial charge >= 0.3 is 0 Å². The summed E-state index contributed by atoms with van der Waals surface area (Å²) in [4.78, 5) is 25.4. The van der Waals surface area contributed by atoms with Crippen LogP contribution in [0.15, 0.2) is 24.3 Å². The van der Waals surface area contributed by atoms with Crippen molar-refractivity contribution in [3.05, 3.63) is 24.3 Å². The maximum Gasteiger partial charge on any atom is 0.238 e. The first-order valence-corrected chi connectivity index (χ1v) is 7.47. The van der Waals surface area contributed by atoms with E-state index in [0.717, 1.165) is 12.8 Å². The Morgan fingerprint density at radius 2 is 2.09 bits per heavy atom. The second-order valence-electron chi connectivity index (χ2n) is 5.25. The smallest absolute Gasteiger partial charge is 0.238 e. The molecule has 0 radical (unpaired) electrons. The first-order valence-electron chi connectivity index (χ1n) is 7.47. The van der Waals surface area contributed by atoms with Crippen molar-refractivity contribution in [2.45, 2.75) is 18.9 Å². The summed E-state index contributed by atoms with van der Waals surface area (Å²) in [5.74, 6) is 0.330. The number of hydrogen-bond donors (Lipinski definition) is 2. The number of ether oxygens (including phenoxy) is 1. The van der Waals surface area contributed by atoms with E-state index in [1.807, 2.05) is 0 Å². The Hall–Kier alpha value is -2.59. The lowest BCUT2D eigenvalue weighted by Gasteiger charge is -2.19. The van der Waals surface area contributed by atoms with E-state index in [9.17, 15) is 9.59 Å². The predicted octanol–water partition coefficient (Wildman–Crippen LogP) is 0.738. The number of nitrogens with one attached hydrogen (secondary N) is 2. The molecule has 1 atom stereocenters. The maximum absolute atomic E-state index is 12.0. The summed E-state index contributed by atoms with van der Waals surface area (Å²) in [6, 6.07) is 8.77. The first kappa shape index (κ1) is 16.8. The summed E-state index contributed by atoms with van der Waals surface area (Å²) in [6.45, 7) is 0.688. The van der Waals surface area contributed by atoms with Crippen LogP contribution in [0.25, 0.3) is 0 Å². The lowest BCUT2D eigenvalue weighted by atomic mass is 10.2. The number of carbonyl (C=O) groups excluding carboxylic acids is 2. The maximum atomic E-state index is 12.0. The third kappa shape index (κ3) is 4.69. The van der Waals surface area contributed by atoms with Gasteiger partial charge < -0.3 is 15.0 Å². The SMILES string of the molecule is COc1ccc(NC(=O)CNCC(=O)N2CCCC2C#N)cc1. The Bertz CT molecular complexity index is 594. The molecule has 1 aliphatic rings. The van der Waals surface area contributed by atoms with E-state index in [1.165, 1.54) is 0 Å². The summed E-state index contributed by atoms with van der Waals surface area (Å²) < 4.78 is 5.04. The second-order valence-corrected chi connectivity index (χ2v) is 5.25. The Labute approximate surface area is 135 Å². The molecule has 7 heteroatoms. The average molecular weight is 316 g/mol. The zero-order valence-corrected chi connectivity index (χ0v) is 13.0. The van der Waals surface area contributed by atoms with Crippen molar-refractivity contribution in [3.63, 3.8) is 0 Å². The van der Waals surface area contributed by atoms with Gasteiger partial charge in [0, 0.05) is 12.2 Å². The fourth-order valence-corrected chi connectivity index (χ4v) is 2.46. The van der Waals surface area contributed by atoms with Gasteiger partial charge in [-0.25, -0.2) is 0 Å². The van der Waals surface area contributed by atoms with E-state index in [4.69, 9.17) is 10.00 Å². The van der Waals surface area contributed by atoms with Gasteiger partial charge in [0.2, 0.25) is 11.8 Å². The number of nitriles is 1. The lowest BCUT2D eigenvalue weighted by Crippen LogP contribution is -2.42. The van der Waals surface area contributed by atoms with Crippen LogP contribution in [0.5, 0.6) is 5.75 Å². The quantitative estimate of drug-likeness (QED) is 0.807. The van der Waals surface area contributed by atoms with E-state index in [1.54, 1.807) is 36.3 Å². The van der Waals surface area contributed by atoms with Crippen molar-refractivity contribution < 1.29 is 14.3 Å². The monoisotopic (exact) mass is 316 g/mol. The van der Waals surface area contributed by atoms with Crippen molar-refractivity contribution in [1.29, 1.82) is 5.26 Å². The number of nitrogens with zero attached hydrogens (tertiary/aromatic N) is 2. The van der Waals surface area contributed by atoms with Crippen LogP contribution in [0.2, 0.25) is 0 Å². The van der Waals surface area contributed by atoms with Crippen LogP contribution in [-0.2, 0) is 9.59 Å². The fraction of sp³-hybridized carbons (Fsp3) is 0.438. The van der Waals surface area contributed by atoms with Gasteiger partial charge in [-0.3, -0.25) is 14.9 Å². The Balaban J connectivity index is 1.72. The highest BCUT2D eigenvalue weighted by atomic mass is 16.5. The molecular weight excluding hydrogens is 296 g/mol. The summed E-state index contributed by atoms with van der Waals surface area (Å²) >= 11 is 0. The van der Waals surface area contributed by atoms with Crippen LogP contribution in [0.1, 0.15) is 12.8 Å². The van der Waals surface area contributed by atoms with Crippen LogP contribution >= 0.6 is 0 Å². The van der Waals surface area contributed by atoms with Gasteiger partial charge in [-0.1, -0.05) is 0 Å². The van der Waals surface area contributed by atoms with Crippen molar-refractivity contribution >= 4 is 17.5 Å². The Morgan fingerprint density at radius 3 is 2.74 bits per heavy atom. The minimum Gasteiger partial charge on any atom is -0.497 e. The topological polar surface area (TPSA) is 94.5 Å². The van der Waals surface area contributed by atoms with E-state index in [-0.39, 0.29) is 30.9 Å². The van der Waals surface area contributed by atoms with Gasteiger partial charge in [-0.05, 0) is 37.1 Å². The van der Waals surface area contributed by atoms with Crippen LogP contribution in [0.3, 0.4) is 0 Å². The highest BCUT2D eigenvalue weighted by molar-refractivity contribution is 5.92. The van der Waals surface area contributed by atoms with E-state index in [0.29, 0.717) is 18.0 Å². The molecule has 0 bridgehead atoms. The minimum atomic E-state index is -0.336. The molecule has 1 aromatic rings. The van der Waals surface area contributed by atoms with Crippen LogP contribution in [0.4, 0.5) is 5.69 Å². The largest absolute Gasteiger partial charge is 0.497 e. The van der Waals surface area contributed by atoms with E-state index < -0.39 is 0 Å². The molecule has 0 aliphatic carbocycles. The summed E-state index contributed by atoms with van der Waals surface area (Å²) in [5, 5.41) is 14.5. The van der Waals surface area contributed by atoms with Gasteiger partial charge in [-0.15, -0.1) is 0 Å². The highest BCUT2D eigenvalue weighted by Gasteiger charge is 2.27. The molecule has 1 unspecified atom stereocenters. The summed E-state index contributed by atoms with van der Waals surface area (Å²) in [6.07, 6.45) is 1.57. The van der Waals surface area contributed by atoms with Crippen LogP contribution < -0.4 is 15.4 Å². The molecular formula is C16H20N4O3. The molecule has 1 aliphatic heterocycles. The van der Waals surface area contributed by atoms with E-state index in [2.05, 4.69) is 16.7 Å². The normalized spacial score (nSPS) is 16.7. The van der Waals surface area contributed by atoms with E-state index >= 15 is 0 Å². The van der Waals surface area contributed by atoms with Gasteiger partial charge in [0.25, 0.3) is 0 Å². The Morgan fingerprint density at radius 1 is 1.35 bits per heavy atom. The highest BCUT2D eigenvalue weighted by Crippen LogP contribution is 2.16. The number of likely N-dealkylation sites (tertiary alicyclic amines) is 1. The molecule has 7 nitrogen and oxygen atoms in total. The molecule has 1 saturated heterocycles. The third-order valence-electron chi connectivity index (χ3n) is 3.66. The standard InChI is InChI=1S/C16H20N4O3/c1-23-14-6-4-12(5-7-14)19-15(21)10-18-11-16(22)20-8-2-3-13(20)9-17/h4-7,13,18H,2-3,8,10-11H2,1H3,(H,19,21). The molecule has 1 heterocycles. The molecule has 1 aromatic carbocycles. The Kier molecular flexibility index (Phi) is 5.94. The zero-order chi connectivity index (χ0) is 16.7. The fourth-order valence-electron chi connectivity index (χ4n) is 2.46. The number of benzene rings is 1. The molecule has 122 valence electrons. The number of hydrogen-bond acceptors (Lipinski definition) is 5. The van der Waals surface area contributed by atoms with Gasteiger partial charge in [0.05, 0.1) is 26.3 Å². The molecule has 2 rings (SSSR count). The zero-order valence-electron chi connectivity index (χ0n) is 13.0. The molecule has 1 fully saturated rings. The molecule has 23 heavy (non-hydrogen) atoms.